The molecule has 2 N–H and O–H groups in total. The van der Waals surface area contributed by atoms with Crippen LogP contribution in [0.15, 0.2) is 18.2 Å². The number of hydrogen-bond donors (Lipinski definition) is 1. The van der Waals surface area contributed by atoms with E-state index in [4.69, 9.17) is 26.8 Å². The molecule has 1 saturated heterocycles. The van der Waals surface area contributed by atoms with Crippen molar-refractivity contribution < 1.29 is 14.3 Å². The lowest BCUT2D eigenvalue weighted by atomic mass is 10.1. The number of hydrogen-bond acceptors (Lipinski definition) is 5. The molecule has 0 aliphatic carbocycles. The van der Waals surface area contributed by atoms with Gasteiger partial charge in [0.2, 0.25) is 5.91 Å². The second-order valence-electron chi connectivity index (χ2n) is 5.62. The molecule has 0 spiro atoms. The zero-order chi connectivity index (χ0) is 16.8. The molecule has 1 aromatic rings. The highest BCUT2D eigenvalue weighted by Gasteiger charge is 2.25. The molecule has 1 aliphatic heterocycles. The number of rotatable bonds is 6. The Balaban J connectivity index is 0.00000288. The number of methoxy groups -OCH3 is 2. The molecule has 1 aliphatic rings. The maximum Gasteiger partial charge on any atom is 0.241 e. The van der Waals surface area contributed by atoms with Gasteiger partial charge in [0.25, 0.3) is 0 Å². The van der Waals surface area contributed by atoms with Gasteiger partial charge < -0.3 is 20.1 Å². The first-order valence-electron chi connectivity index (χ1n) is 7.63. The first-order valence-corrected chi connectivity index (χ1v) is 8.01. The van der Waals surface area contributed by atoms with Crippen molar-refractivity contribution in [3.63, 3.8) is 0 Å². The number of nitrogens with zero attached hydrogens (tertiary/aromatic N) is 2. The molecule has 0 bridgehead atoms. The Morgan fingerprint density at radius 1 is 1.24 bits per heavy atom. The van der Waals surface area contributed by atoms with Crippen LogP contribution in [0.5, 0.6) is 5.75 Å². The van der Waals surface area contributed by atoms with Crippen LogP contribution in [-0.2, 0) is 16.1 Å². The normalized spacial score (nSPS) is 15.8. The highest BCUT2D eigenvalue weighted by atomic mass is 35.5. The van der Waals surface area contributed by atoms with Crippen molar-refractivity contribution in [3.05, 3.63) is 28.8 Å². The van der Waals surface area contributed by atoms with Gasteiger partial charge in [-0.15, -0.1) is 24.8 Å². The van der Waals surface area contributed by atoms with Gasteiger partial charge in [0.1, 0.15) is 11.8 Å². The molecule has 1 aromatic carbocycles. The summed E-state index contributed by atoms with van der Waals surface area (Å²) in [7, 11) is 3.20. The summed E-state index contributed by atoms with van der Waals surface area (Å²) in [6.45, 7) is 3.91. The van der Waals surface area contributed by atoms with Gasteiger partial charge in [0.05, 0.1) is 13.7 Å². The van der Waals surface area contributed by atoms with Gasteiger partial charge in [0, 0.05) is 50.4 Å². The van der Waals surface area contributed by atoms with E-state index in [9.17, 15) is 4.79 Å². The Morgan fingerprint density at radius 3 is 2.44 bits per heavy atom. The lowest BCUT2D eigenvalue weighted by molar-refractivity contribution is -0.135. The standard InChI is InChI=1S/C16H24ClN3O3.2ClH/c1-22-11-14(18)16(21)20-7-5-19(6-8-20)10-12-9-13(17)3-4-15(12)23-2;;/h3-4,9,14H,5-8,10-11,18H2,1-2H3;2*1H. The van der Waals surface area contributed by atoms with Crippen LogP contribution in [0.1, 0.15) is 5.56 Å². The third-order valence-electron chi connectivity index (χ3n) is 3.98. The van der Waals surface area contributed by atoms with Gasteiger partial charge in [-0.05, 0) is 18.2 Å². The Hall–Kier alpha value is -0.760. The molecule has 0 radical (unpaired) electrons. The highest BCUT2D eigenvalue weighted by molar-refractivity contribution is 6.30. The predicted octanol–water partition coefficient (Wildman–Crippen LogP) is 1.81. The van der Waals surface area contributed by atoms with Crippen LogP contribution < -0.4 is 10.5 Å². The maximum absolute atomic E-state index is 12.2. The van der Waals surface area contributed by atoms with E-state index in [1.807, 2.05) is 18.2 Å². The Bertz CT molecular complexity index is 541. The van der Waals surface area contributed by atoms with Gasteiger partial charge in [0.15, 0.2) is 0 Å². The average Bonchev–Trinajstić information content (AvgIpc) is 2.55. The van der Waals surface area contributed by atoms with Crippen molar-refractivity contribution in [3.8, 4) is 5.75 Å². The zero-order valence-electron chi connectivity index (χ0n) is 14.4. The van der Waals surface area contributed by atoms with E-state index < -0.39 is 6.04 Å². The second kappa shape index (κ2) is 11.8. The lowest BCUT2D eigenvalue weighted by Gasteiger charge is -2.36. The third-order valence-corrected chi connectivity index (χ3v) is 4.22. The van der Waals surface area contributed by atoms with E-state index in [-0.39, 0.29) is 37.3 Å². The second-order valence-corrected chi connectivity index (χ2v) is 6.06. The van der Waals surface area contributed by atoms with E-state index >= 15 is 0 Å². The molecular formula is C16H26Cl3N3O3. The summed E-state index contributed by atoms with van der Waals surface area (Å²) in [5.74, 6) is 0.779. The van der Waals surface area contributed by atoms with Crippen LogP contribution in [0, 0.1) is 0 Å². The SMILES string of the molecule is COCC(N)C(=O)N1CCN(Cc2cc(Cl)ccc2OC)CC1.Cl.Cl. The minimum absolute atomic E-state index is 0. The summed E-state index contributed by atoms with van der Waals surface area (Å²) >= 11 is 6.07. The number of carbonyl (C=O) groups excluding carboxylic acids is 1. The summed E-state index contributed by atoms with van der Waals surface area (Å²) in [4.78, 5) is 16.2. The van der Waals surface area contributed by atoms with Crippen molar-refractivity contribution in [2.75, 3.05) is 47.0 Å². The topological polar surface area (TPSA) is 68.0 Å². The fraction of sp³-hybridized carbons (Fsp3) is 0.562. The molecule has 25 heavy (non-hydrogen) atoms. The van der Waals surface area contributed by atoms with Gasteiger partial charge in [-0.2, -0.15) is 0 Å². The molecule has 1 unspecified atom stereocenters. The quantitative estimate of drug-likeness (QED) is 0.769. The number of nitrogens with two attached hydrogens (primary N) is 1. The van der Waals surface area contributed by atoms with Crippen molar-refractivity contribution in [2.45, 2.75) is 12.6 Å². The smallest absolute Gasteiger partial charge is 0.241 e. The Morgan fingerprint density at radius 2 is 1.88 bits per heavy atom. The molecule has 0 saturated carbocycles. The van der Waals surface area contributed by atoms with E-state index in [0.29, 0.717) is 18.1 Å². The molecule has 9 heteroatoms. The molecule has 1 fully saturated rings. The van der Waals surface area contributed by atoms with Crippen molar-refractivity contribution >= 4 is 42.3 Å². The molecule has 6 nitrogen and oxygen atoms in total. The van der Waals surface area contributed by atoms with Crippen molar-refractivity contribution in [1.82, 2.24) is 9.80 Å². The predicted molar refractivity (Wildman–Crippen MR) is 104 cm³/mol. The maximum atomic E-state index is 12.2. The van der Waals surface area contributed by atoms with Crippen LogP contribution >= 0.6 is 36.4 Å². The van der Waals surface area contributed by atoms with E-state index in [0.717, 1.165) is 30.9 Å². The molecular weight excluding hydrogens is 389 g/mol. The number of amides is 1. The van der Waals surface area contributed by atoms with Crippen molar-refractivity contribution in [1.29, 1.82) is 0 Å². The summed E-state index contributed by atoms with van der Waals surface area (Å²) in [5, 5.41) is 0.695. The molecule has 0 aromatic heterocycles. The van der Waals surface area contributed by atoms with Crippen molar-refractivity contribution in [2.24, 2.45) is 5.73 Å². The van der Waals surface area contributed by atoms with Crippen LogP contribution in [-0.4, -0.2) is 68.8 Å². The number of piperazine rings is 1. The number of ether oxygens (including phenoxy) is 2. The summed E-state index contributed by atoms with van der Waals surface area (Å²) < 4.78 is 10.3. The van der Waals surface area contributed by atoms with E-state index in [2.05, 4.69) is 4.90 Å². The van der Waals surface area contributed by atoms with Crippen LogP contribution in [0.2, 0.25) is 5.02 Å². The Labute approximate surface area is 166 Å². The fourth-order valence-corrected chi connectivity index (χ4v) is 2.92. The lowest BCUT2D eigenvalue weighted by Crippen LogP contribution is -2.53. The van der Waals surface area contributed by atoms with Gasteiger partial charge in [-0.25, -0.2) is 0 Å². The highest BCUT2D eigenvalue weighted by Crippen LogP contribution is 2.24. The largest absolute Gasteiger partial charge is 0.496 e. The van der Waals surface area contributed by atoms with Gasteiger partial charge in [-0.1, -0.05) is 11.6 Å². The molecule has 2 rings (SSSR count). The Kier molecular flexibility index (Phi) is 11.4. The minimum atomic E-state index is -0.584. The molecule has 1 heterocycles. The first-order chi connectivity index (χ1) is 11.0. The van der Waals surface area contributed by atoms with Crippen LogP contribution in [0.4, 0.5) is 0 Å². The van der Waals surface area contributed by atoms with Crippen LogP contribution in [0.25, 0.3) is 0 Å². The average molecular weight is 415 g/mol. The van der Waals surface area contributed by atoms with Gasteiger partial charge in [-0.3, -0.25) is 9.69 Å². The number of carbonyl (C=O) groups is 1. The zero-order valence-corrected chi connectivity index (χ0v) is 16.8. The van der Waals surface area contributed by atoms with E-state index in [1.165, 1.54) is 0 Å². The molecule has 144 valence electrons. The number of benzene rings is 1. The van der Waals surface area contributed by atoms with Crippen LogP contribution in [0.3, 0.4) is 0 Å². The summed E-state index contributed by atoms with van der Waals surface area (Å²) in [5.41, 5.74) is 6.86. The monoisotopic (exact) mass is 413 g/mol. The fourth-order valence-electron chi connectivity index (χ4n) is 2.72. The number of halogens is 3. The van der Waals surface area contributed by atoms with E-state index in [1.54, 1.807) is 19.1 Å². The molecule has 1 atom stereocenters. The summed E-state index contributed by atoms with van der Waals surface area (Å²) in [6, 6.07) is 5.03. The molecule has 1 amide bonds. The first kappa shape index (κ1) is 24.2. The minimum Gasteiger partial charge on any atom is -0.496 e. The van der Waals surface area contributed by atoms with Gasteiger partial charge >= 0.3 is 0 Å². The summed E-state index contributed by atoms with van der Waals surface area (Å²) in [6.07, 6.45) is 0. The third kappa shape index (κ3) is 6.81.